The van der Waals surface area contributed by atoms with Crippen LogP contribution in [0.2, 0.25) is 0 Å². The first-order chi connectivity index (χ1) is 13.1. The van der Waals surface area contributed by atoms with E-state index in [1.165, 1.54) is 7.11 Å². The lowest BCUT2D eigenvalue weighted by atomic mass is 10.2. The summed E-state index contributed by atoms with van der Waals surface area (Å²) in [6.45, 7) is 0. The van der Waals surface area contributed by atoms with E-state index >= 15 is 0 Å². The lowest BCUT2D eigenvalue weighted by Gasteiger charge is -2.11. The topological polar surface area (TPSA) is 86.5 Å². The SMILES string of the molecule is COc1ccc(NC(=O)CCc2nc(-c3ccc(I)cc3)no2)c(OC)c1. The number of nitrogens with one attached hydrogen (secondary N) is 1. The number of halogens is 1. The van der Waals surface area contributed by atoms with E-state index in [4.69, 9.17) is 14.0 Å². The molecule has 2 aromatic carbocycles. The number of hydrogen-bond acceptors (Lipinski definition) is 6. The van der Waals surface area contributed by atoms with Gasteiger partial charge < -0.3 is 19.3 Å². The third-order valence-corrected chi connectivity index (χ3v) is 4.54. The number of rotatable bonds is 7. The smallest absolute Gasteiger partial charge is 0.227 e. The average molecular weight is 479 g/mol. The number of amides is 1. The second-order valence-corrected chi connectivity index (χ2v) is 6.88. The van der Waals surface area contributed by atoms with Crippen LogP contribution < -0.4 is 14.8 Å². The van der Waals surface area contributed by atoms with Gasteiger partial charge in [0.1, 0.15) is 11.5 Å². The summed E-state index contributed by atoms with van der Waals surface area (Å²) >= 11 is 2.23. The van der Waals surface area contributed by atoms with Crippen LogP contribution in [-0.4, -0.2) is 30.3 Å². The standard InChI is InChI=1S/C19H18IN3O4/c1-25-14-7-8-15(16(11-14)26-2)21-17(24)9-10-18-22-19(23-27-18)12-3-5-13(20)6-4-12/h3-8,11H,9-10H2,1-2H3,(H,21,24). The number of ether oxygens (including phenoxy) is 2. The summed E-state index contributed by atoms with van der Waals surface area (Å²) in [5, 5.41) is 6.79. The molecule has 0 atom stereocenters. The number of nitrogens with zero attached hydrogens (tertiary/aromatic N) is 2. The van der Waals surface area contributed by atoms with Crippen molar-refractivity contribution in [1.29, 1.82) is 0 Å². The van der Waals surface area contributed by atoms with Gasteiger partial charge in [-0.1, -0.05) is 17.3 Å². The van der Waals surface area contributed by atoms with Crippen molar-refractivity contribution < 1.29 is 18.8 Å². The van der Waals surface area contributed by atoms with Crippen LogP contribution in [0.25, 0.3) is 11.4 Å². The first kappa shape index (κ1) is 19.2. The zero-order valence-electron chi connectivity index (χ0n) is 14.9. The second-order valence-electron chi connectivity index (χ2n) is 5.63. The third-order valence-electron chi connectivity index (χ3n) is 3.82. The molecular weight excluding hydrogens is 461 g/mol. The maximum atomic E-state index is 12.2. The molecule has 0 spiro atoms. The van der Waals surface area contributed by atoms with E-state index in [9.17, 15) is 4.79 Å². The molecule has 0 aliphatic carbocycles. The van der Waals surface area contributed by atoms with Crippen molar-refractivity contribution in [1.82, 2.24) is 10.1 Å². The Morgan fingerprint density at radius 2 is 1.93 bits per heavy atom. The van der Waals surface area contributed by atoms with E-state index in [1.807, 2.05) is 24.3 Å². The Morgan fingerprint density at radius 1 is 1.15 bits per heavy atom. The van der Waals surface area contributed by atoms with Gasteiger partial charge in [0.15, 0.2) is 0 Å². The van der Waals surface area contributed by atoms with Gasteiger partial charge in [0.05, 0.1) is 19.9 Å². The molecule has 8 heteroatoms. The molecule has 0 unspecified atom stereocenters. The molecule has 1 amide bonds. The normalized spacial score (nSPS) is 10.5. The molecule has 0 saturated heterocycles. The summed E-state index contributed by atoms with van der Waals surface area (Å²) in [6, 6.07) is 13.0. The minimum atomic E-state index is -0.174. The Kier molecular flexibility index (Phi) is 6.28. The van der Waals surface area contributed by atoms with Crippen molar-refractivity contribution in [2.75, 3.05) is 19.5 Å². The summed E-state index contributed by atoms with van der Waals surface area (Å²) in [6.07, 6.45) is 0.561. The molecule has 0 aliphatic heterocycles. The number of methoxy groups -OCH3 is 2. The number of aromatic nitrogens is 2. The number of carbonyl (C=O) groups excluding carboxylic acids is 1. The molecule has 27 heavy (non-hydrogen) atoms. The Bertz CT molecular complexity index is 925. The van der Waals surface area contributed by atoms with Gasteiger partial charge in [0.2, 0.25) is 17.6 Å². The number of anilines is 1. The Hall–Kier alpha value is -2.62. The first-order valence-electron chi connectivity index (χ1n) is 8.19. The van der Waals surface area contributed by atoms with Crippen LogP contribution in [0.4, 0.5) is 5.69 Å². The molecule has 3 rings (SSSR count). The van der Waals surface area contributed by atoms with E-state index < -0.39 is 0 Å². The summed E-state index contributed by atoms with van der Waals surface area (Å²) in [7, 11) is 3.11. The van der Waals surface area contributed by atoms with Crippen molar-refractivity contribution in [3.63, 3.8) is 0 Å². The minimum absolute atomic E-state index is 0.174. The van der Waals surface area contributed by atoms with Crippen molar-refractivity contribution in [3.05, 3.63) is 51.9 Å². The summed E-state index contributed by atoms with van der Waals surface area (Å²) in [5.74, 6) is 1.94. The maximum absolute atomic E-state index is 12.2. The molecule has 1 N–H and O–H groups in total. The van der Waals surface area contributed by atoms with E-state index in [2.05, 4.69) is 38.0 Å². The highest BCUT2D eigenvalue weighted by Crippen LogP contribution is 2.29. The van der Waals surface area contributed by atoms with Gasteiger partial charge in [-0.05, 0) is 46.9 Å². The van der Waals surface area contributed by atoms with Crippen LogP contribution in [0, 0.1) is 3.57 Å². The average Bonchev–Trinajstić information content (AvgIpc) is 3.16. The Balaban J connectivity index is 1.59. The fraction of sp³-hybridized carbons (Fsp3) is 0.211. The highest BCUT2D eigenvalue weighted by Gasteiger charge is 2.13. The molecule has 3 aromatic rings. The molecule has 0 fully saturated rings. The van der Waals surface area contributed by atoms with Crippen molar-refractivity contribution in [3.8, 4) is 22.9 Å². The van der Waals surface area contributed by atoms with E-state index in [0.717, 1.165) is 9.13 Å². The number of carbonyl (C=O) groups is 1. The third kappa shape index (κ3) is 4.97. The van der Waals surface area contributed by atoms with Crippen molar-refractivity contribution in [2.24, 2.45) is 0 Å². The molecule has 0 radical (unpaired) electrons. The van der Waals surface area contributed by atoms with Gasteiger partial charge in [-0.3, -0.25) is 4.79 Å². The second kappa shape index (κ2) is 8.85. The molecule has 0 aliphatic rings. The van der Waals surface area contributed by atoms with Crippen LogP contribution in [0.1, 0.15) is 12.3 Å². The lowest BCUT2D eigenvalue weighted by Crippen LogP contribution is -2.13. The Morgan fingerprint density at radius 3 is 2.63 bits per heavy atom. The van der Waals surface area contributed by atoms with Crippen LogP contribution >= 0.6 is 22.6 Å². The molecule has 1 aromatic heterocycles. The highest BCUT2D eigenvalue weighted by atomic mass is 127. The molecule has 7 nitrogen and oxygen atoms in total. The number of hydrogen-bond donors (Lipinski definition) is 1. The van der Waals surface area contributed by atoms with Crippen molar-refractivity contribution >= 4 is 34.2 Å². The maximum Gasteiger partial charge on any atom is 0.227 e. The summed E-state index contributed by atoms with van der Waals surface area (Å²) in [5.41, 5.74) is 1.45. The first-order valence-corrected chi connectivity index (χ1v) is 9.27. The molecule has 1 heterocycles. The largest absolute Gasteiger partial charge is 0.497 e. The van der Waals surface area contributed by atoms with Gasteiger partial charge in [0.25, 0.3) is 0 Å². The molecule has 0 saturated carbocycles. The van der Waals surface area contributed by atoms with Gasteiger partial charge in [-0.15, -0.1) is 0 Å². The monoisotopic (exact) mass is 479 g/mol. The molecular formula is C19H18IN3O4. The zero-order valence-corrected chi connectivity index (χ0v) is 17.0. The lowest BCUT2D eigenvalue weighted by molar-refractivity contribution is -0.116. The van der Waals surface area contributed by atoms with E-state index in [0.29, 0.717) is 35.3 Å². The van der Waals surface area contributed by atoms with Crippen LogP contribution in [0.5, 0.6) is 11.5 Å². The minimum Gasteiger partial charge on any atom is -0.497 e. The predicted molar refractivity (Wildman–Crippen MR) is 109 cm³/mol. The quantitative estimate of drug-likeness (QED) is 0.517. The number of aryl methyl sites for hydroxylation is 1. The molecule has 140 valence electrons. The summed E-state index contributed by atoms with van der Waals surface area (Å²) < 4.78 is 16.8. The van der Waals surface area contributed by atoms with Gasteiger partial charge in [0, 0.05) is 28.0 Å². The van der Waals surface area contributed by atoms with Gasteiger partial charge in [-0.2, -0.15) is 4.98 Å². The van der Waals surface area contributed by atoms with Gasteiger partial charge >= 0.3 is 0 Å². The fourth-order valence-corrected chi connectivity index (χ4v) is 2.77. The van der Waals surface area contributed by atoms with Gasteiger partial charge in [-0.25, -0.2) is 0 Å². The van der Waals surface area contributed by atoms with Crippen LogP contribution in [0.3, 0.4) is 0 Å². The Labute approximate surface area is 170 Å². The highest BCUT2D eigenvalue weighted by molar-refractivity contribution is 14.1. The number of benzene rings is 2. The summed E-state index contributed by atoms with van der Waals surface area (Å²) in [4.78, 5) is 16.6. The predicted octanol–water partition coefficient (Wildman–Crippen LogP) is 3.93. The molecule has 0 bridgehead atoms. The van der Waals surface area contributed by atoms with Crippen LogP contribution in [0.15, 0.2) is 47.0 Å². The fourth-order valence-electron chi connectivity index (χ4n) is 2.41. The van der Waals surface area contributed by atoms with Crippen LogP contribution in [-0.2, 0) is 11.2 Å². The zero-order chi connectivity index (χ0) is 19.2. The van der Waals surface area contributed by atoms with E-state index in [-0.39, 0.29) is 12.3 Å². The van der Waals surface area contributed by atoms with Crippen molar-refractivity contribution in [2.45, 2.75) is 12.8 Å². The van der Waals surface area contributed by atoms with E-state index in [1.54, 1.807) is 25.3 Å².